The molecule has 5 nitrogen and oxygen atoms in total. The maximum absolute atomic E-state index is 12.5. The Morgan fingerprint density at radius 1 is 1.33 bits per heavy atom. The van der Waals surface area contributed by atoms with Crippen molar-refractivity contribution in [2.45, 2.75) is 51.7 Å². The Morgan fingerprint density at radius 2 is 2.04 bits per heavy atom. The molecule has 0 bridgehead atoms. The third-order valence-electron chi connectivity index (χ3n) is 4.56. The number of rotatable bonds is 6. The highest BCUT2D eigenvalue weighted by molar-refractivity contribution is 5.84. The van der Waals surface area contributed by atoms with E-state index >= 15 is 0 Å². The van der Waals surface area contributed by atoms with E-state index in [0.717, 1.165) is 25.7 Å². The molecule has 3 atom stereocenters. The fourth-order valence-electron chi connectivity index (χ4n) is 3.21. The highest BCUT2D eigenvalue weighted by Crippen LogP contribution is 2.22. The van der Waals surface area contributed by atoms with Crippen LogP contribution in [0.1, 0.15) is 51.2 Å². The van der Waals surface area contributed by atoms with Crippen LogP contribution < -0.4 is 5.32 Å². The van der Waals surface area contributed by atoms with Gasteiger partial charge in [-0.3, -0.25) is 9.59 Å². The number of aliphatic hydroxyl groups excluding tert-OH is 1. The van der Waals surface area contributed by atoms with Crippen molar-refractivity contribution >= 4 is 11.8 Å². The molecular formula is C19H28N2O3. The van der Waals surface area contributed by atoms with Crippen molar-refractivity contribution in [3.05, 3.63) is 35.9 Å². The average Bonchev–Trinajstić information content (AvgIpc) is 2.61. The smallest absolute Gasteiger partial charge is 0.256 e. The van der Waals surface area contributed by atoms with E-state index in [1.165, 1.54) is 0 Å². The third kappa shape index (κ3) is 4.81. The molecule has 1 aromatic carbocycles. The monoisotopic (exact) mass is 332 g/mol. The molecule has 0 aliphatic carbocycles. The topological polar surface area (TPSA) is 69.6 Å². The first-order valence-corrected chi connectivity index (χ1v) is 8.85. The number of likely N-dealkylation sites (tertiary alicyclic amines) is 1. The van der Waals surface area contributed by atoms with Crippen LogP contribution in [-0.4, -0.2) is 41.0 Å². The number of amides is 2. The van der Waals surface area contributed by atoms with Crippen LogP contribution in [0, 0.1) is 5.92 Å². The van der Waals surface area contributed by atoms with Gasteiger partial charge in [0.1, 0.15) is 0 Å². The summed E-state index contributed by atoms with van der Waals surface area (Å²) < 4.78 is 0. The average molecular weight is 332 g/mol. The molecule has 0 spiro atoms. The molecule has 132 valence electrons. The summed E-state index contributed by atoms with van der Waals surface area (Å²) in [5.41, 5.74) is 0.589. The second-order valence-corrected chi connectivity index (χ2v) is 6.63. The van der Waals surface area contributed by atoms with Gasteiger partial charge < -0.3 is 15.3 Å². The van der Waals surface area contributed by atoms with Gasteiger partial charge in [-0.05, 0) is 31.7 Å². The molecule has 1 fully saturated rings. The Hall–Kier alpha value is -1.88. The van der Waals surface area contributed by atoms with Crippen LogP contribution >= 0.6 is 0 Å². The zero-order valence-corrected chi connectivity index (χ0v) is 14.6. The molecular weight excluding hydrogens is 304 g/mol. The van der Waals surface area contributed by atoms with Crippen molar-refractivity contribution in [2.24, 2.45) is 5.92 Å². The molecule has 2 rings (SSSR count). The first kappa shape index (κ1) is 18.5. The summed E-state index contributed by atoms with van der Waals surface area (Å²) in [6, 6.07) is 9.08. The van der Waals surface area contributed by atoms with Crippen molar-refractivity contribution in [2.75, 3.05) is 13.1 Å². The standard InChI is InChI=1S/C19H28N2O3/c1-3-8-14(2)20-18(23)16-11-7-12-21(13-16)19(24)17(22)15-9-5-4-6-10-15/h4-6,9-10,14,16-17,22H,3,7-8,11-13H2,1-2H3,(H,20,23). The van der Waals surface area contributed by atoms with E-state index in [9.17, 15) is 14.7 Å². The SMILES string of the molecule is CCCC(C)NC(=O)C1CCCN(C(=O)C(O)c2ccccc2)C1. The third-order valence-corrected chi connectivity index (χ3v) is 4.56. The van der Waals surface area contributed by atoms with E-state index in [1.807, 2.05) is 13.0 Å². The predicted molar refractivity (Wildman–Crippen MR) is 93.2 cm³/mol. The number of piperidine rings is 1. The van der Waals surface area contributed by atoms with Gasteiger partial charge in [0.2, 0.25) is 5.91 Å². The summed E-state index contributed by atoms with van der Waals surface area (Å²) in [5, 5.41) is 13.3. The second-order valence-electron chi connectivity index (χ2n) is 6.63. The van der Waals surface area contributed by atoms with Crippen LogP contribution in [0.4, 0.5) is 0 Å². The summed E-state index contributed by atoms with van der Waals surface area (Å²) in [5.74, 6) is -0.493. The molecule has 3 unspecified atom stereocenters. The van der Waals surface area contributed by atoms with Crippen molar-refractivity contribution in [1.82, 2.24) is 10.2 Å². The number of nitrogens with one attached hydrogen (secondary N) is 1. The first-order chi connectivity index (χ1) is 11.5. The molecule has 0 aromatic heterocycles. The van der Waals surface area contributed by atoms with Crippen LogP contribution in [0.2, 0.25) is 0 Å². The van der Waals surface area contributed by atoms with Crippen molar-refractivity contribution in [3.8, 4) is 0 Å². The Kier molecular flexibility index (Phi) is 6.79. The first-order valence-electron chi connectivity index (χ1n) is 8.85. The van der Waals surface area contributed by atoms with Crippen LogP contribution in [0.3, 0.4) is 0 Å². The maximum Gasteiger partial charge on any atom is 0.256 e. The van der Waals surface area contributed by atoms with Gasteiger partial charge in [-0.1, -0.05) is 43.7 Å². The molecule has 1 aliphatic heterocycles. The van der Waals surface area contributed by atoms with Crippen molar-refractivity contribution in [1.29, 1.82) is 0 Å². The van der Waals surface area contributed by atoms with Gasteiger partial charge in [-0.2, -0.15) is 0 Å². The molecule has 24 heavy (non-hydrogen) atoms. The zero-order chi connectivity index (χ0) is 17.5. The van der Waals surface area contributed by atoms with Gasteiger partial charge in [0.05, 0.1) is 5.92 Å². The van der Waals surface area contributed by atoms with Gasteiger partial charge in [0.25, 0.3) is 5.91 Å². The van der Waals surface area contributed by atoms with Crippen molar-refractivity contribution in [3.63, 3.8) is 0 Å². The summed E-state index contributed by atoms with van der Waals surface area (Å²) in [7, 11) is 0. The largest absolute Gasteiger partial charge is 0.378 e. The predicted octanol–water partition coefficient (Wildman–Crippen LogP) is 2.26. The Labute approximate surface area is 144 Å². The minimum Gasteiger partial charge on any atom is -0.378 e. The molecule has 2 N–H and O–H groups in total. The van der Waals surface area contributed by atoms with Crippen LogP contribution in [-0.2, 0) is 9.59 Å². The molecule has 0 saturated carbocycles. The number of hydrogen-bond donors (Lipinski definition) is 2. The molecule has 1 aromatic rings. The fraction of sp³-hybridized carbons (Fsp3) is 0.579. The molecule has 5 heteroatoms. The molecule has 0 radical (unpaired) electrons. The summed E-state index contributed by atoms with van der Waals surface area (Å²) in [6.07, 6.45) is 2.39. The van der Waals surface area contributed by atoms with E-state index in [2.05, 4.69) is 12.2 Å². The van der Waals surface area contributed by atoms with Crippen LogP contribution in [0.15, 0.2) is 30.3 Å². The number of aliphatic hydroxyl groups is 1. The summed E-state index contributed by atoms with van der Waals surface area (Å²) in [6.45, 7) is 5.07. The minimum absolute atomic E-state index is 0.0163. The Bertz CT molecular complexity index is 547. The van der Waals surface area contributed by atoms with Crippen LogP contribution in [0.25, 0.3) is 0 Å². The molecule has 1 heterocycles. The van der Waals surface area contributed by atoms with Gasteiger partial charge in [-0.25, -0.2) is 0 Å². The Morgan fingerprint density at radius 3 is 2.71 bits per heavy atom. The van der Waals surface area contributed by atoms with E-state index < -0.39 is 6.10 Å². The highest BCUT2D eigenvalue weighted by Gasteiger charge is 2.31. The number of nitrogens with zero attached hydrogens (tertiary/aromatic N) is 1. The second kappa shape index (κ2) is 8.83. The normalized spacial score (nSPS) is 20.3. The fourth-order valence-corrected chi connectivity index (χ4v) is 3.21. The number of benzene rings is 1. The Balaban J connectivity index is 1.94. The lowest BCUT2D eigenvalue weighted by Crippen LogP contribution is -2.48. The lowest BCUT2D eigenvalue weighted by molar-refractivity contribution is -0.143. The number of hydrogen-bond acceptors (Lipinski definition) is 3. The van der Waals surface area contributed by atoms with E-state index in [4.69, 9.17) is 0 Å². The lowest BCUT2D eigenvalue weighted by atomic mass is 9.95. The molecule has 1 saturated heterocycles. The van der Waals surface area contributed by atoms with Crippen LogP contribution in [0.5, 0.6) is 0 Å². The highest BCUT2D eigenvalue weighted by atomic mass is 16.3. The molecule has 2 amide bonds. The lowest BCUT2D eigenvalue weighted by Gasteiger charge is -2.33. The number of carbonyl (C=O) groups excluding carboxylic acids is 2. The van der Waals surface area contributed by atoms with Crippen molar-refractivity contribution < 1.29 is 14.7 Å². The van der Waals surface area contributed by atoms with Gasteiger partial charge in [0.15, 0.2) is 6.10 Å². The summed E-state index contributed by atoms with van der Waals surface area (Å²) >= 11 is 0. The van der Waals surface area contributed by atoms with Gasteiger partial charge >= 0.3 is 0 Å². The number of carbonyl (C=O) groups is 2. The van der Waals surface area contributed by atoms with Gasteiger partial charge in [0, 0.05) is 19.1 Å². The van der Waals surface area contributed by atoms with E-state index in [-0.39, 0.29) is 23.8 Å². The minimum atomic E-state index is -1.16. The quantitative estimate of drug-likeness (QED) is 0.839. The van der Waals surface area contributed by atoms with Gasteiger partial charge in [-0.15, -0.1) is 0 Å². The van der Waals surface area contributed by atoms with E-state index in [0.29, 0.717) is 18.7 Å². The molecule has 1 aliphatic rings. The maximum atomic E-state index is 12.5. The zero-order valence-electron chi connectivity index (χ0n) is 14.6. The van der Waals surface area contributed by atoms with E-state index in [1.54, 1.807) is 29.2 Å². The summed E-state index contributed by atoms with van der Waals surface area (Å²) in [4.78, 5) is 26.5.